The standard InChI is InChI=1S/C55H34N4S/c1-4-15-35(16-5-1)42-24-14-25-48-52(42)46-31-38-21-10-11-22-39(38)33-49(46)59(48)47-30-28-41(32-45(47)40-27-29-44-43-23-12-13-26-50(43)60-51(44)34-40)55-57-53(36-17-6-2-7-18-36)56-54(58-55)37-19-8-3-9-20-37/h1-34H. The molecule has 5 heteroatoms. The highest BCUT2D eigenvalue weighted by Crippen LogP contribution is 2.44. The van der Waals surface area contributed by atoms with E-state index in [1.165, 1.54) is 52.8 Å². The van der Waals surface area contributed by atoms with Crippen LogP contribution in [0.1, 0.15) is 0 Å². The molecule has 4 nitrogen and oxygen atoms in total. The minimum Gasteiger partial charge on any atom is -0.309 e. The molecule has 0 aliphatic heterocycles. The first-order valence-electron chi connectivity index (χ1n) is 20.2. The van der Waals surface area contributed by atoms with Crippen molar-refractivity contribution >= 4 is 64.1 Å². The molecule has 0 saturated heterocycles. The normalized spacial score (nSPS) is 11.7. The number of rotatable bonds is 6. The van der Waals surface area contributed by atoms with Gasteiger partial charge in [-0.15, -0.1) is 11.3 Å². The summed E-state index contributed by atoms with van der Waals surface area (Å²) in [6, 6.07) is 73.5. The summed E-state index contributed by atoms with van der Waals surface area (Å²) < 4.78 is 5.01. The average molecular weight is 783 g/mol. The van der Waals surface area contributed by atoms with E-state index in [0.29, 0.717) is 17.5 Å². The highest BCUT2D eigenvalue weighted by Gasteiger charge is 2.22. The summed E-state index contributed by atoms with van der Waals surface area (Å²) in [6.45, 7) is 0. The lowest BCUT2D eigenvalue weighted by Gasteiger charge is -2.17. The van der Waals surface area contributed by atoms with Gasteiger partial charge in [0.1, 0.15) is 0 Å². The van der Waals surface area contributed by atoms with Gasteiger partial charge in [-0.1, -0.05) is 158 Å². The Morgan fingerprint density at radius 2 is 0.917 bits per heavy atom. The zero-order chi connectivity index (χ0) is 39.6. The fraction of sp³-hybridized carbons (Fsp3) is 0. The van der Waals surface area contributed by atoms with Crippen LogP contribution in [0, 0.1) is 0 Å². The number of hydrogen-bond donors (Lipinski definition) is 0. The van der Waals surface area contributed by atoms with Crippen molar-refractivity contribution in [3.05, 3.63) is 206 Å². The van der Waals surface area contributed by atoms with Gasteiger partial charge in [-0.25, -0.2) is 15.0 Å². The Hall–Kier alpha value is -7.73. The molecule has 0 amide bonds. The van der Waals surface area contributed by atoms with Gasteiger partial charge in [-0.2, -0.15) is 0 Å². The predicted molar refractivity (Wildman–Crippen MR) is 252 cm³/mol. The largest absolute Gasteiger partial charge is 0.309 e. The molecule has 0 spiro atoms. The van der Waals surface area contributed by atoms with Crippen LogP contribution in [-0.2, 0) is 0 Å². The number of nitrogens with zero attached hydrogens (tertiary/aromatic N) is 4. The third kappa shape index (κ3) is 5.70. The molecule has 60 heavy (non-hydrogen) atoms. The van der Waals surface area contributed by atoms with Gasteiger partial charge in [0.05, 0.1) is 16.7 Å². The molecule has 0 saturated carbocycles. The van der Waals surface area contributed by atoms with Crippen LogP contribution in [0.25, 0.3) is 115 Å². The molecular weight excluding hydrogens is 749 g/mol. The first-order valence-corrected chi connectivity index (χ1v) is 21.0. The molecule has 280 valence electrons. The zero-order valence-electron chi connectivity index (χ0n) is 32.3. The van der Waals surface area contributed by atoms with E-state index in [-0.39, 0.29) is 0 Å². The summed E-state index contributed by atoms with van der Waals surface area (Å²) in [5.41, 5.74) is 10.8. The van der Waals surface area contributed by atoms with Crippen LogP contribution in [0.3, 0.4) is 0 Å². The minimum atomic E-state index is 0.623. The van der Waals surface area contributed by atoms with Crippen molar-refractivity contribution < 1.29 is 0 Å². The van der Waals surface area contributed by atoms with Gasteiger partial charge in [0.2, 0.25) is 0 Å². The molecule has 3 heterocycles. The van der Waals surface area contributed by atoms with Crippen LogP contribution in [0.2, 0.25) is 0 Å². The number of thiophene rings is 1. The van der Waals surface area contributed by atoms with Gasteiger partial charge in [0, 0.05) is 53.2 Å². The fourth-order valence-electron chi connectivity index (χ4n) is 8.80. The fourth-order valence-corrected chi connectivity index (χ4v) is 9.95. The van der Waals surface area contributed by atoms with Gasteiger partial charge >= 0.3 is 0 Å². The molecule has 12 aromatic rings. The van der Waals surface area contributed by atoms with E-state index in [9.17, 15) is 0 Å². The molecule has 0 aliphatic carbocycles. The first kappa shape index (κ1) is 34.3. The Morgan fingerprint density at radius 3 is 1.63 bits per heavy atom. The Balaban J connectivity index is 1.16. The van der Waals surface area contributed by atoms with Crippen LogP contribution >= 0.6 is 11.3 Å². The van der Waals surface area contributed by atoms with Crippen molar-refractivity contribution in [3.63, 3.8) is 0 Å². The van der Waals surface area contributed by atoms with Crippen LogP contribution in [0.15, 0.2) is 206 Å². The second-order valence-electron chi connectivity index (χ2n) is 15.2. The molecule has 0 radical (unpaired) electrons. The molecule has 12 rings (SSSR count). The molecule has 0 N–H and O–H groups in total. The Bertz CT molecular complexity index is 3530. The lowest BCUT2D eigenvalue weighted by molar-refractivity contribution is 1.07. The van der Waals surface area contributed by atoms with Crippen molar-refractivity contribution in [2.75, 3.05) is 0 Å². The summed E-state index contributed by atoms with van der Waals surface area (Å²) in [7, 11) is 0. The van der Waals surface area contributed by atoms with Gasteiger partial charge < -0.3 is 4.57 Å². The second-order valence-corrected chi connectivity index (χ2v) is 16.3. The predicted octanol–water partition coefficient (Wildman–Crippen LogP) is 14.8. The molecule has 9 aromatic carbocycles. The molecule has 0 bridgehead atoms. The highest BCUT2D eigenvalue weighted by molar-refractivity contribution is 7.25. The maximum Gasteiger partial charge on any atom is 0.164 e. The van der Waals surface area contributed by atoms with Gasteiger partial charge in [-0.3, -0.25) is 0 Å². The number of hydrogen-bond acceptors (Lipinski definition) is 4. The summed E-state index contributed by atoms with van der Waals surface area (Å²) in [5, 5.41) is 7.42. The quantitative estimate of drug-likeness (QED) is 0.169. The average Bonchev–Trinajstić information content (AvgIpc) is 3.86. The highest BCUT2D eigenvalue weighted by atomic mass is 32.1. The number of fused-ring (bicyclic) bond motifs is 7. The maximum absolute atomic E-state index is 5.16. The van der Waals surface area contributed by atoms with Crippen LogP contribution in [-0.4, -0.2) is 19.5 Å². The van der Waals surface area contributed by atoms with Crippen molar-refractivity contribution in [1.82, 2.24) is 19.5 Å². The van der Waals surface area contributed by atoms with Crippen LogP contribution in [0.5, 0.6) is 0 Å². The van der Waals surface area contributed by atoms with E-state index in [1.54, 1.807) is 0 Å². The molecule has 0 atom stereocenters. The van der Waals surface area contributed by atoms with E-state index in [1.807, 2.05) is 47.7 Å². The topological polar surface area (TPSA) is 43.6 Å². The molecule has 3 aromatic heterocycles. The molecule has 0 unspecified atom stereocenters. The van der Waals surface area contributed by atoms with E-state index >= 15 is 0 Å². The van der Waals surface area contributed by atoms with Crippen molar-refractivity contribution in [2.24, 2.45) is 0 Å². The molecule has 0 fully saturated rings. The van der Waals surface area contributed by atoms with Gasteiger partial charge in [-0.05, 0) is 76.0 Å². The third-order valence-electron chi connectivity index (χ3n) is 11.6. The SMILES string of the molecule is c1ccc(-c2nc(-c3ccccc3)nc(-c3ccc(-n4c5cc6ccccc6cc5c5c(-c6ccccc6)cccc54)c(-c4ccc5c(c4)sc4ccccc45)c3)n2)cc1. The van der Waals surface area contributed by atoms with Gasteiger partial charge in [0.25, 0.3) is 0 Å². The van der Waals surface area contributed by atoms with Gasteiger partial charge in [0.15, 0.2) is 17.5 Å². The summed E-state index contributed by atoms with van der Waals surface area (Å²) in [5.74, 6) is 1.90. The maximum atomic E-state index is 5.16. The van der Waals surface area contributed by atoms with Crippen molar-refractivity contribution in [1.29, 1.82) is 0 Å². The van der Waals surface area contributed by atoms with E-state index in [0.717, 1.165) is 44.5 Å². The second kappa shape index (κ2) is 14.0. The number of benzene rings is 9. The van der Waals surface area contributed by atoms with E-state index in [4.69, 9.17) is 15.0 Å². The molecular formula is C55H34N4S. The zero-order valence-corrected chi connectivity index (χ0v) is 33.1. The number of aromatic nitrogens is 4. The molecule has 0 aliphatic rings. The van der Waals surface area contributed by atoms with Crippen molar-refractivity contribution in [3.8, 4) is 62.1 Å². The van der Waals surface area contributed by atoms with Crippen molar-refractivity contribution in [2.45, 2.75) is 0 Å². The Kier molecular flexibility index (Phi) is 8.00. The lowest BCUT2D eigenvalue weighted by atomic mass is 9.98. The van der Waals surface area contributed by atoms with E-state index < -0.39 is 0 Å². The smallest absolute Gasteiger partial charge is 0.164 e. The third-order valence-corrected chi connectivity index (χ3v) is 12.8. The first-order chi connectivity index (χ1) is 29.7. The monoisotopic (exact) mass is 782 g/mol. The Morgan fingerprint density at radius 1 is 0.333 bits per heavy atom. The summed E-state index contributed by atoms with van der Waals surface area (Å²) >= 11 is 1.84. The van der Waals surface area contributed by atoms with E-state index in [2.05, 4.69) is 174 Å². The Labute approximate surface area is 350 Å². The minimum absolute atomic E-state index is 0.623. The van der Waals surface area contributed by atoms with Crippen LogP contribution in [0.4, 0.5) is 0 Å². The lowest BCUT2D eigenvalue weighted by Crippen LogP contribution is -2.02. The summed E-state index contributed by atoms with van der Waals surface area (Å²) in [4.78, 5) is 15.3. The van der Waals surface area contributed by atoms with Crippen LogP contribution < -0.4 is 0 Å². The summed E-state index contributed by atoms with van der Waals surface area (Å²) in [6.07, 6.45) is 0.